The Bertz CT molecular complexity index is 432. The molecule has 1 amide bonds. The molecule has 1 aromatic heterocycles. The first kappa shape index (κ1) is 13.1. The van der Waals surface area contributed by atoms with Gasteiger partial charge in [0.25, 0.3) is 0 Å². The SMILES string of the molecule is CCC1(C(=O)Nc2n[nH]c(C)c2C)CCNCC1. The van der Waals surface area contributed by atoms with Crippen LogP contribution in [0.5, 0.6) is 0 Å². The number of aromatic nitrogens is 2. The Morgan fingerprint density at radius 1 is 1.39 bits per heavy atom. The predicted molar refractivity (Wildman–Crippen MR) is 71.5 cm³/mol. The fourth-order valence-electron chi connectivity index (χ4n) is 2.49. The first-order valence-electron chi connectivity index (χ1n) is 6.63. The third kappa shape index (κ3) is 2.27. The summed E-state index contributed by atoms with van der Waals surface area (Å²) in [6, 6.07) is 0. The molecular formula is C13H22N4O. The van der Waals surface area contributed by atoms with E-state index in [1.807, 2.05) is 13.8 Å². The van der Waals surface area contributed by atoms with E-state index in [2.05, 4.69) is 27.8 Å². The number of aromatic amines is 1. The highest BCUT2D eigenvalue weighted by molar-refractivity contribution is 5.95. The zero-order chi connectivity index (χ0) is 13.2. The number of carbonyl (C=O) groups excluding carboxylic acids is 1. The van der Waals surface area contributed by atoms with Gasteiger partial charge in [0.05, 0.1) is 5.41 Å². The molecule has 0 bridgehead atoms. The van der Waals surface area contributed by atoms with Gasteiger partial charge in [0.2, 0.25) is 5.91 Å². The van der Waals surface area contributed by atoms with Crippen LogP contribution in [0.25, 0.3) is 0 Å². The summed E-state index contributed by atoms with van der Waals surface area (Å²) in [5.41, 5.74) is 1.79. The highest BCUT2D eigenvalue weighted by Gasteiger charge is 2.38. The Kier molecular flexibility index (Phi) is 3.71. The molecule has 1 aliphatic heterocycles. The molecule has 2 rings (SSSR count). The molecule has 2 heterocycles. The van der Waals surface area contributed by atoms with Crippen LogP contribution >= 0.6 is 0 Å². The molecule has 0 spiro atoms. The van der Waals surface area contributed by atoms with Crippen molar-refractivity contribution in [2.45, 2.75) is 40.0 Å². The Hall–Kier alpha value is -1.36. The molecule has 3 N–H and O–H groups in total. The van der Waals surface area contributed by atoms with Gasteiger partial charge in [-0.15, -0.1) is 0 Å². The Labute approximate surface area is 108 Å². The van der Waals surface area contributed by atoms with Crippen molar-refractivity contribution in [3.05, 3.63) is 11.3 Å². The molecule has 0 radical (unpaired) electrons. The zero-order valence-corrected chi connectivity index (χ0v) is 11.4. The second kappa shape index (κ2) is 5.10. The summed E-state index contributed by atoms with van der Waals surface area (Å²) < 4.78 is 0. The lowest BCUT2D eigenvalue weighted by atomic mass is 9.76. The van der Waals surface area contributed by atoms with Crippen LogP contribution in [0.2, 0.25) is 0 Å². The minimum Gasteiger partial charge on any atom is -0.317 e. The lowest BCUT2D eigenvalue weighted by Crippen LogP contribution is -2.44. The average Bonchev–Trinajstić information content (AvgIpc) is 2.71. The lowest BCUT2D eigenvalue weighted by molar-refractivity contribution is -0.127. The van der Waals surface area contributed by atoms with Crippen LogP contribution in [-0.4, -0.2) is 29.2 Å². The normalized spacial score (nSPS) is 18.6. The summed E-state index contributed by atoms with van der Waals surface area (Å²) in [7, 11) is 0. The number of carbonyl (C=O) groups is 1. The van der Waals surface area contributed by atoms with E-state index < -0.39 is 0 Å². The number of amides is 1. The molecule has 5 heteroatoms. The van der Waals surface area contributed by atoms with Crippen molar-refractivity contribution in [1.82, 2.24) is 15.5 Å². The van der Waals surface area contributed by atoms with Crippen molar-refractivity contribution in [2.75, 3.05) is 18.4 Å². The first-order valence-corrected chi connectivity index (χ1v) is 6.63. The van der Waals surface area contributed by atoms with Crippen molar-refractivity contribution in [3.8, 4) is 0 Å². The van der Waals surface area contributed by atoms with E-state index in [1.165, 1.54) is 0 Å². The second-order valence-corrected chi connectivity index (χ2v) is 5.16. The van der Waals surface area contributed by atoms with Gasteiger partial charge in [0.1, 0.15) is 0 Å². The largest absolute Gasteiger partial charge is 0.317 e. The number of piperidine rings is 1. The third-order valence-corrected chi connectivity index (χ3v) is 4.20. The second-order valence-electron chi connectivity index (χ2n) is 5.16. The van der Waals surface area contributed by atoms with Crippen LogP contribution in [0.15, 0.2) is 0 Å². The van der Waals surface area contributed by atoms with Crippen LogP contribution in [0.3, 0.4) is 0 Å². The first-order chi connectivity index (χ1) is 8.59. The molecule has 1 aliphatic rings. The number of hydrogen-bond donors (Lipinski definition) is 3. The van der Waals surface area contributed by atoms with Crippen LogP contribution in [0.1, 0.15) is 37.4 Å². The smallest absolute Gasteiger partial charge is 0.231 e. The predicted octanol–water partition coefficient (Wildman–Crippen LogP) is 1.74. The maximum Gasteiger partial charge on any atom is 0.231 e. The highest BCUT2D eigenvalue weighted by atomic mass is 16.2. The van der Waals surface area contributed by atoms with Gasteiger partial charge in [-0.05, 0) is 46.2 Å². The minimum atomic E-state index is -0.232. The molecule has 1 saturated heterocycles. The third-order valence-electron chi connectivity index (χ3n) is 4.20. The summed E-state index contributed by atoms with van der Waals surface area (Å²) in [6.07, 6.45) is 2.68. The topological polar surface area (TPSA) is 69.8 Å². The van der Waals surface area contributed by atoms with Crippen LogP contribution in [0, 0.1) is 19.3 Å². The summed E-state index contributed by atoms with van der Waals surface area (Å²) >= 11 is 0. The highest BCUT2D eigenvalue weighted by Crippen LogP contribution is 2.34. The Morgan fingerprint density at radius 2 is 2.06 bits per heavy atom. The fraction of sp³-hybridized carbons (Fsp3) is 0.692. The lowest BCUT2D eigenvalue weighted by Gasteiger charge is -2.35. The number of nitrogens with one attached hydrogen (secondary N) is 3. The van der Waals surface area contributed by atoms with E-state index in [0.29, 0.717) is 5.82 Å². The average molecular weight is 250 g/mol. The van der Waals surface area contributed by atoms with Gasteiger partial charge < -0.3 is 10.6 Å². The van der Waals surface area contributed by atoms with Gasteiger partial charge in [-0.3, -0.25) is 9.89 Å². The summed E-state index contributed by atoms with van der Waals surface area (Å²) in [6.45, 7) is 7.85. The molecule has 100 valence electrons. The van der Waals surface area contributed by atoms with Crippen molar-refractivity contribution < 1.29 is 4.79 Å². The van der Waals surface area contributed by atoms with E-state index in [9.17, 15) is 4.79 Å². The molecule has 5 nitrogen and oxygen atoms in total. The van der Waals surface area contributed by atoms with E-state index in [-0.39, 0.29) is 11.3 Å². The van der Waals surface area contributed by atoms with Gasteiger partial charge in [0, 0.05) is 11.3 Å². The van der Waals surface area contributed by atoms with Crippen molar-refractivity contribution in [2.24, 2.45) is 5.41 Å². The van der Waals surface area contributed by atoms with Gasteiger partial charge in [-0.1, -0.05) is 6.92 Å². The van der Waals surface area contributed by atoms with E-state index >= 15 is 0 Å². The number of aryl methyl sites for hydroxylation is 1. The zero-order valence-electron chi connectivity index (χ0n) is 11.4. The molecule has 0 unspecified atom stereocenters. The van der Waals surface area contributed by atoms with Crippen LogP contribution in [0.4, 0.5) is 5.82 Å². The molecule has 18 heavy (non-hydrogen) atoms. The fourth-order valence-corrected chi connectivity index (χ4v) is 2.49. The molecular weight excluding hydrogens is 228 g/mol. The van der Waals surface area contributed by atoms with Crippen molar-refractivity contribution in [3.63, 3.8) is 0 Å². The Morgan fingerprint density at radius 3 is 2.56 bits per heavy atom. The van der Waals surface area contributed by atoms with E-state index in [4.69, 9.17) is 0 Å². The molecule has 1 aromatic rings. The van der Waals surface area contributed by atoms with E-state index in [1.54, 1.807) is 0 Å². The van der Waals surface area contributed by atoms with Gasteiger partial charge in [0.15, 0.2) is 5.82 Å². The number of H-pyrrole nitrogens is 1. The summed E-state index contributed by atoms with van der Waals surface area (Å²) in [5.74, 6) is 0.782. The monoisotopic (exact) mass is 250 g/mol. The number of anilines is 1. The van der Waals surface area contributed by atoms with Crippen LogP contribution < -0.4 is 10.6 Å². The maximum absolute atomic E-state index is 12.5. The molecule has 0 aromatic carbocycles. The molecule has 0 aliphatic carbocycles. The molecule has 0 saturated carbocycles. The summed E-state index contributed by atoms with van der Waals surface area (Å²) in [4.78, 5) is 12.5. The van der Waals surface area contributed by atoms with E-state index in [0.717, 1.165) is 43.6 Å². The standard InChI is InChI=1S/C13H22N4O/c1-4-13(5-7-14-8-6-13)12(18)15-11-9(2)10(3)16-17-11/h14H,4-8H2,1-3H3,(H2,15,16,17,18). The minimum absolute atomic E-state index is 0.112. The van der Waals surface area contributed by atoms with Gasteiger partial charge in [-0.25, -0.2) is 0 Å². The van der Waals surface area contributed by atoms with Crippen molar-refractivity contribution >= 4 is 11.7 Å². The van der Waals surface area contributed by atoms with Crippen molar-refractivity contribution in [1.29, 1.82) is 0 Å². The van der Waals surface area contributed by atoms with Crippen LogP contribution in [-0.2, 0) is 4.79 Å². The number of nitrogens with zero attached hydrogens (tertiary/aromatic N) is 1. The Balaban J connectivity index is 2.13. The number of hydrogen-bond acceptors (Lipinski definition) is 3. The quantitative estimate of drug-likeness (QED) is 0.765. The molecule has 0 atom stereocenters. The number of rotatable bonds is 3. The summed E-state index contributed by atoms with van der Waals surface area (Å²) in [5, 5.41) is 13.3. The van der Waals surface area contributed by atoms with Gasteiger partial charge >= 0.3 is 0 Å². The van der Waals surface area contributed by atoms with Gasteiger partial charge in [-0.2, -0.15) is 5.10 Å². The maximum atomic E-state index is 12.5. The molecule has 1 fully saturated rings.